The molecule has 3 aliphatic rings. The second kappa shape index (κ2) is 26.3. The molecule has 0 spiro atoms. The van der Waals surface area contributed by atoms with Crippen LogP contribution in [0.2, 0.25) is 0 Å². The van der Waals surface area contributed by atoms with Crippen molar-refractivity contribution in [1.29, 1.82) is 0 Å². The lowest BCUT2D eigenvalue weighted by atomic mass is 9.85. The maximum absolute atomic E-state index is 14.4. The average molecular weight is 1090 g/mol. The number of aromatic amines is 1. The Morgan fingerprint density at radius 3 is 2.27 bits per heavy atom. The fourth-order valence-corrected chi connectivity index (χ4v) is 10.5. The largest absolute Gasteiger partial charge is 0.370 e. The van der Waals surface area contributed by atoms with Crippen LogP contribution in [-0.4, -0.2) is 105 Å². The molecule has 2 fully saturated rings. The van der Waals surface area contributed by atoms with E-state index in [-0.39, 0.29) is 74.2 Å². The molecule has 19 heteroatoms. The minimum absolute atomic E-state index is 0.0565. The van der Waals surface area contributed by atoms with Crippen molar-refractivity contribution in [3.63, 3.8) is 0 Å². The Morgan fingerprint density at radius 2 is 1.57 bits per heavy atom. The summed E-state index contributed by atoms with van der Waals surface area (Å²) in [7, 11) is 0. The number of nitrogens with one attached hydrogen (secondary N) is 5. The van der Waals surface area contributed by atoms with Gasteiger partial charge in [0.25, 0.3) is 17.7 Å². The van der Waals surface area contributed by atoms with Crippen molar-refractivity contribution >= 4 is 63.9 Å². The molecular weight excluding hydrogens is 1010 g/mol. The van der Waals surface area contributed by atoms with Crippen molar-refractivity contribution in [3.8, 4) is 11.8 Å². The first kappa shape index (κ1) is 58.9. The van der Waals surface area contributed by atoms with E-state index >= 15 is 0 Å². The lowest BCUT2D eigenvalue weighted by Crippen LogP contribution is -2.58. The maximum Gasteiger partial charge on any atom is 0.270 e. The number of alkyl halides is 2. The fourth-order valence-electron chi connectivity index (χ4n) is 10.5. The molecule has 4 aromatic rings. The van der Waals surface area contributed by atoms with Gasteiger partial charge in [-0.3, -0.25) is 48.5 Å². The molecule has 0 radical (unpaired) electrons. The van der Waals surface area contributed by atoms with Gasteiger partial charge in [0.15, 0.2) is 5.78 Å². The summed E-state index contributed by atoms with van der Waals surface area (Å²) in [6.45, 7) is 6.92. The third-order valence-electron chi connectivity index (χ3n) is 15.0. The van der Waals surface area contributed by atoms with E-state index in [1.807, 2.05) is 6.07 Å². The molecule has 79 heavy (non-hydrogen) atoms. The van der Waals surface area contributed by atoms with E-state index < -0.39 is 76.7 Å². The molecule has 7 N–H and O–H groups in total. The molecule has 0 bridgehead atoms. The number of aromatic nitrogens is 1. The lowest BCUT2D eigenvalue weighted by molar-refractivity contribution is -0.142. The van der Waals surface area contributed by atoms with E-state index in [1.165, 1.54) is 34.1 Å². The molecule has 1 aromatic heterocycles. The number of piperidine rings is 1. The van der Waals surface area contributed by atoms with Gasteiger partial charge < -0.3 is 36.5 Å². The van der Waals surface area contributed by atoms with Gasteiger partial charge in [0.2, 0.25) is 35.4 Å². The number of primary amides is 1. The first-order valence-electron chi connectivity index (χ1n) is 27.4. The van der Waals surface area contributed by atoms with Crippen LogP contribution in [0.1, 0.15) is 173 Å². The summed E-state index contributed by atoms with van der Waals surface area (Å²) in [6, 6.07) is 15.7. The molecule has 3 aromatic carbocycles. The van der Waals surface area contributed by atoms with Gasteiger partial charge >= 0.3 is 0 Å². The molecule has 0 saturated carbocycles. The molecule has 17 nitrogen and oxygen atoms in total. The van der Waals surface area contributed by atoms with Crippen LogP contribution in [0.25, 0.3) is 10.9 Å². The molecule has 4 heterocycles. The first-order valence-corrected chi connectivity index (χ1v) is 27.4. The number of nitrogens with zero attached hydrogens (tertiary/aromatic N) is 2. The Balaban J connectivity index is 0.874. The number of benzene rings is 3. The summed E-state index contributed by atoms with van der Waals surface area (Å²) in [4.78, 5) is 125. The topological polar surface area (TPSA) is 250 Å². The van der Waals surface area contributed by atoms with Gasteiger partial charge in [-0.2, -0.15) is 0 Å². The van der Waals surface area contributed by atoms with E-state index in [4.69, 9.17) is 5.73 Å². The van der Waals surface area contributed by atoms with Gasteiger partial charge in [-0.15, -0.1) is 0 Å². The van der Waals surface area contributed by atoms with Crippen molar-refractivity contribution in [2.45, 2.75) is 167 Å². The summed E-state index contributed by atoms with van der Waals surface area (Å²) in [5.74, 6) is -1.89. The lowest BCUT2D eigenvalue weighted by Gasteiger charge is -2.35. The third kappa shape index (κ3) is 15.3. The quantitative estimate of drug-likeness (QED) is 0.0241. The van der Waals surface area contributed by atoms with Gasteiger partial charge in [0, 0.05) is 79.8 Å². The highest BCUT2D eigenvalue weighted by Gasteiger charge is 2.44. The Morgan fingerprint density at radius 1 is 0.848 bits per heavy atom. The fraction of sp³-hybridized carbons (Fsp3) is 0.483. The minimum Gasteiger partial charge on any atom is -0.370 e. The van der Waals surface area contributed by atoms with Gasteiger partial charge in [-0.25, -0.2) is 8.78 Å². The summed E-state index contributed by atoms with van der Waals surface area (Å²) >= 11 is 0. The molecule has 420 valence electrons. The summed E-state index contributed by atoms with van der Waals surface area (Å²) in [6.07, 6.45) is 7.73. The number of nitrogens with two attached hydrogens (primary N) is 1. The first-order chi connectivity index (χ1) is 37.6. The highest BCUT2D eigenvalue weighted by molar-refractivity contribution is 6.06. The predicted molar refractivity (Wildman–Crippen MR) is 292 cm³/mol. The Bertz CT molecular complexity index is 3010. The number of likely N-dealkylation sites (tertiary alicyclic amines) is 1. The van der Waals surface area contributed by atoms with Crippen LogP contribution in [0, 0.1) is 17.3 Å². The average Bonchev–Trinajstić information content (AvgIpc) is 4.23. The molecule has 0 aliphatic carbocycles. The summed E-state index contributed by atoms with van der Waals surface area (Å²) in [5.41, 5.74) is 7.66. The monoisotopic (exact) mass is 1090 g/mol. The second-order valence-electron chi connectivity index (χ2n) is 22.1. The zero-order valence-electron chi connectivity index (χ0n) is 45.4. The summed E-state index contributed by atoms with van der Waals surface area (Å²) < 4.78 is 28.1. The molecule has 2 saturated heterocycles. The molecular formula is C60H72F2N8O9. The van der Waals surface area contributed by atoms with Crippen molar-refractivity contribution in [2.24, 2.45) is 11.1 Å². The zero-order chi connectivity index (χ0) is 57.0. The molecule has 3 aliphatic heterocycles. The number of fused-ring (bicyclic) bond motifs is 2. The van der Waals surface area contributed by atoms with E-state index in [0.29, 0.717) is 47.8 Å². The Kier molecular flexibility index (Phi) is 19.6. The smallest absolute Gasteiger partial charge is 0.270 e. The van der Waals surface area contributed by atoms with Crippen molar-refractivity contribution in [3.05, 3.63) is 106 Å². The number of imide groups is 1. The van der Waals surface area contributed by atoms with Crippen LogP contribution >= 0.6 is 0 Å². The van der Waals surface area contributed by atoms with Crippen LogP contribution < -0.4 is 27.0 Å². The number of carbonyl (C=O) groups is 9. The van der Waals surface area contributed by atoms with Crippen molar-refractivity contribution in [1.82, 2.24) is 36.1 Å². The maximum atomic E-state index is 14.4. The van der Waals surface area contributed by atoms with Crippen LogP contribution in [0.5, 0.6) is 0 Å². The Labute approximate surface area is 459 Å². The number of hydrogen-bond donors (Lipinski definition) is 6. The van der Waals surface area contributed by atoms with E-state index in [9.17, 15) is 51.9 Å². The zero-order valence-corrected chi connectivity index (χ0v) is 45.4. The SMILES string of the molecule is CC(F)(F)c1ccc2[nH]c(C(=O)N[C@H](C(=O)N3CCC[C@H]3C(=O)N[C@@H](CCC(N)=O)C(=O)C[C@H](C(=O)NCCCCCCCCCC#Cc3cccc4c3CN(C3CCC(=O)NC3=O)C4=O)c3ccccc3)C(C)(C)C)cc2c1. The summed E-state index contributed by atoms with van der Waals surface area (Å²) in [5, 5.41) is 11.3. The van der Waals surface area contributed by atoms with E-state index in [0.717, 1.165) is 63.0 Å². The van der Waals surface area contributed by atoms with Gasteiger partial charge in [-0.1, -0.05) is 107 Å². The van der Waals surface area contributed by atoms with Crippen LogP contribution in [-0.2, 0) is 46.0 Å². The third-order valence-corrected chi connectivity index (χ3v) is 15.0. The number of carbonyl (C=O) groups excluding carboxylic acids is 9. The van der Waals surface area contributed by atoms with Gasteiger partial charge in [0.05, 0.1) is 12.0 Å². The highest BCUT2D eigenvalue weighted by atomic mass is 19.3. The number of hydrogen-bond acceptors (Lipinski definition) is 9. The normalized spacial score (nSPS) is 17.5. The van der Waals surface area contributed by atoms with Gasteiger partial charge in [0.1, 0.15) is 23.8 Å². The molecule has 1 unspecified atom stereocenters. The predicted octanol–water partition coefficient (Wildman–Crippen LogP) is 6.96. The van der Waals surface area contributed by atoms with Gasteiger partial charge in [-0.05, 0) is 85.4 Å². The number of Topliss-reactive ketones (excluding diaryl/α,β-unsaturated/α-hetero) is 1. The number of H-pyrrole nitrogens is 1. The van der Waals surface area contributed by atoms with E-state index in [1.54, 1.807) is 63.2 Å². The number of unbranched alkanes of at least 4 members (excludes halogenated alkanes) is 7. The standard InChI is InChI=1S/C60H72F2N8O9/c1-59(2,3)52(68-54(75)46-34-39-33-40(60(4,61)62)25-26-44(39)65-46)58(79)69-32-18-24-47(69)55(76)66-45(27-29-50(63)72)49(71)35-42(37-19-14-12-15-20-37)53(74)64-31-16-11-9-7-5-6-8-10-13-21-38-22-17-23-41-43(38)36-70(57(41)78)48-28-30-51(73)67-56(48)77/h12,14-15,17,19-20,22-23,25-26,33-34,42,45,47-48,52,65H,5-11,16,18,24,27-32,35-36H2,1-4H3,(H2,63,72)(H,64,74)(H,66,76)(H,68,75)(H,67,73,77)/t42-,45-,47-,48?,52+/m0/s1. The number of halogens is 2. The number of ketones is 1. The van der Waals surface area contributed by atoms with Crippen LogP contribution in [0.3, 0.4) is 0 Å². The number of rotatable bonds is 24. The molecule has 8 amide bonds. The molecule has 5 atom stereocenters. The van der Waals surface area contributed by atoms with E-state index in [2.05, 4.69) is 38.1 Å². The van der Waals surface area contributed by atoms with Crippen LogP contribution in [0.4, 0.5) is 8.78 Å². The van der Waals surface area contributed by atoms with Crippen molar-refractivity contribution in [2.75, 3.05) is 13.1 Å². The van der Waals surface area contributed by atoms with Crippen LogP contribution in [0.15, 0.2) is 72.8 Å². The minimum atomic E-state index is -3.09. The molecule has 7 rings (SSSR count). The van der Waals surface area contributed by atoms with Crippen molar-refractivity contribution < 1.29 is 51.9 Å². The highest BCUT2D eigenvalue weighted by Crippen LogP contribution is 2.32. The second-order valence-corrected chi connectivity index (χ2v) is 22.1. The Hall–Kier alpha value is -7.75. The number of amides is 8.